The number of ether oxygens (including phenoxy) is 1. The summed E-state index contributed by atoms with van der Waals surface area (Å²) in [7, 11) is 0. The Bertz CT molecular complexity index is 323. The standard InChI is InChI=1S/C11H19N3OS/c1-3-10(9-4-5-15-7-9)12-6-11-14-13-8(2)16-11/h9-10,12H,3-7H2,1-2H3/t9-,10-/m1/s1. The molecule has 1 fully saturated rings. The zero-order valence-corrected chi connectivity index (χ0v) is 10.7. The molecule has 0 amide bonds. The molecular weight excluding hydrogens is 222 g/mol. The largest absolute Gasteiger partial charge is 0.381 e. The molecule has 2 heterocycles. The van der Waals surface area contributed by atoms with E-state index >= 15 is 0 Å². The monoisotopic (exact) mass is 241 g/mol. The quantitative estimate of drug-likeness (QED) is 0.853. The Morgan fingerprint density at radius 2 is 2.44 bits per heavy atom. The summed E-state index contributed by atoms with van der Waals surface area (Å²) in [6, 6.07) is 0.548. The van der Waals surface area contributed by atoms with Crippen molar-refractivity contribution in [2.45, 2.75) is 39.3 Å². The van der Waals surface area contributed by atoms with Crippen LogP contribution in [0.1, 0.15) is 29.8 Å². The predicted molar refractivity (Wildman–Crippen MR) is 64.5 cm³/mol. The molecule has 4 nitrogen and oxygen atoms in total. The fraction of sp³-hybridized carbons (Fsp3) is 0.818. The van der Waals surface area contributed by atoms with Crippen LogP contribution in [0, 0.1) is 12.8 Å². The average Bonchev–Trinajstić information content (AvgIpc) is 2.91. The molecule has 90 valence electrons. The van der Waals surface area contributed by atoms with Gasteiger partial charge in [-0.2, -0.15) is 0 Å². The van der Waals surface area contributed by atoms with Crippen LogP contribution < -0.4 is 5.32 Å². The van der Waals surface area contributed by atoms with Crippen LogP contribution in [0.15, 0.2) is 0 Å². The van der Waals surface area contributed by atoms with Crippen LogP contribution >= 0.6 is 11.3 Å². The highest BCUT2D eigenvalue weighted by atomic mass is 32.1. The third-order valence-corrected chi connectivity index (χ3v) is 3.90. The van der Waals surface area contributed by atoms with Crippen LogP contribution in [0.5, 0.6) is 0 Å². The van der Waals surface area contributed by atoms with Crippen molar-refractivity contribution in [2.75, 3.05) is 13.2 Å². The van der Waals surface area contributed by atoms with Gasteiger partial charge in [0.2, 0.25) is 0 Å². The minimum atomic E-state index is 0.548. The third kappa shape index (κ3) is 2.99. The first kappa shape index (κ1) is 12.0. The van der Waals surface area contributed by atoms with E-state index in [0.29, 0.717) is 12.0 Å². The molecule has 0 unspecified atom stereocenters. The molecule has 0 radical (unpaired) electrons. The molecule has 0 saturated carbocycles. The van der Waals surface area contributed by atoms with Gasteiger partial charge in [0.1, 0.15) is 10.0 Å². The van der Waals surface area contributed by atoms with E-state index in [1.807, 2.05) is 6.92 Å². The second kappa shape index (κ2) is 5.70. The van der Waals surface area contributed by atoms with Gasteiger partial charge < -0.3 is 10.1 Å². The van der Waals surface area contributed by atoms with Gasteiger partial charge in [0.25, 0.3) is 0 Å². The van der Waals surface area contributed by atoms with E-state index < -0.39 is 0 Å². The zero-order valence-electron chi connectivity index (χ0n) is 9.90. The van der Waals surface area contributed by atoms with Crippen LogP contribution in [-0.2, 0) is 11.3 Å². The van der Waals surface area contributed by atoms with Crippen LogP contribution in [-0.4, -0.2) is 29.5 Å². The fourth-order valence-corrected chi connectivity index (χ4v) is 2.80. The smallest absolute Gasteiger partial charge is 0.131 e. The molecule has 0 aliphatic carbocycles. The highest BCUT2D eigenvalue weighted by Gasteiger charge is 2.24. The van der Waals surface area contributed by atoms with Gasteiger partial charge in [-0.15, -0.1) is 21.5 Å². The maximum absolute atomic E-state index is 5.43. The van der Waals surface area contributed by atoms with E-state index in [0.717, 1.165) is 36.2 Å². The molecule has 5 heteroatoms. The lowest BCUT2D eigenvalue weighted by Gasteiger charge is -2.21. The molecular formula is C11H19N3OS. The predicted octanol–water partition coefficient (Wildman–Crippen LogP) is 1.75. The molecule has 1 aliphatic heterocycles. The van der Waals surface area contributed by atoms with Crippen molar-refractivity contribution in [3.05, 3.63) is 10.0 Å². The highest BCUT2D eigenvalue weighted by molar-refractivity contribution is 7.11. The molecule has 1 aromatic rings. The minimum Gasteiger partial charge on any atom is -0.381 e. The number of hydrogen-bond acceptors (Lipinski definition) is 5. The molecule has 2 atom stereocenters. The van der Waals surface area contributed by atoms with Gasteiger partial charge in [-0.3, -0.25) is 0 Å². The van der Waals surface area contributed by atoms with Crippen LogP contribution in [0.4, 0.5) is 0 Å². The highest BCUT2D eigenvalue weighted by Crippen LogP contribution is 2.19. The van der Waals surface area contributed by atoms with E-state index in [9.17, 15) is 0 Å². The number of nitrogens with one attached hydrogen (secondary N) is 1. The maximum Gasteiger partial charge on any atom is 0.131 e. The topological polar surface area (TPSA) is 47.0 Å². The number of aryl methyl sites for hydroxylation is 1. The summed E-state index contributed by atoms with van der Waals surface area (Å²) in [5, 5.41) is 13.8. The fourth-order valence-electron chi connectivity index (χ4n) is 2.14. The van der Waals surface area contributed by atoms with Gasteiger partial charge in [0.05, 0.1) is 6.61 Å². The molecule has 1 aromatic heterocycles. The SMILES string of the molecule is CC[C@@H](NCc1nnc(C)s1)[C@@H]1CCOC1. The first-order chi connectivity index (χ1) is 7.79. The number of nitrogens with zero attached hydrogens (tertiary/aromatic N) is 2. The van der Waals surface area contributed by atoms with E-state index in [2.05, 4.69) is 22.4 Å². The molecule has 0 spiro atoms. The molecule has 2 rings (SSSR count). The Kier molecular flexibility index (Phi) is 4.26. The number of rotatable bonds is 5. The first-order valence-electron chi connectivity index (χ1n) is 5.89. The Balaban J connectivity index is 1.82. The first-order valence-corrected chi connectivity index (χ1v) is 6.71. The van der Waals surface area contributed by atoms with Crippen molar-refractivity contribution in [3.63, 3.8) is 0 Å². The second-order valence-electron chi connectivity index (χ2n) is 4.23. The minimum absolute atomic E-state index is 0.548. The number of hydrogen-bond donors (Lipinski definition) is 1. The summed E-state index contributed by atoms with van der Waals surface area (Å²) in [5.74, 6) is 0.666. The van der Waals surface area contributed by atoms with Gasteiger partial charge in [0.15, 0.2) is 0 Å². The van der Waals surface area contributed by atoms with E-state index in [-0.39, 0.29) is 0 Å². The van der Waals surface area contributed by atoms with Gasteiger partial charge in [-0.05, 0) is 25.7 Å². The van der Waals surface area contributed by atoms with Crippen molar-refractivity contribution < 1.29 is 4.74 Å². The summed E-state index contributed by atoms with van der Waals surface area (Å²) in [4.78, 5) is 0. The van der Waals surface area contributed by atoms with Crippen molar-refractivity contribution in [1.29, 1.82) is 0 Å². The zero-order chi connectivity index (χ0) is 11.4. The molecule has 1 N–H and O–H groups in total. The third-order valence-electron chi connectivity index (χ3n) is 3.06. The Hall–Kier alpha value is -0.520. The average molecular weight is 241 g/mol. The van der Waals surface area contributed by atoms with Crippen LogP contribution in [0.3, 0.4) is 0 Å². The Labute approximate surface area is 100 Å². The van der Waals surface area contributed by atoms with Crippen LogP contribution in [0.25, 0.3) is 0 Å². The van der Waals surface area contributed by atoms with E-state index in [1.54, 1.807) is 11.3 Å². The molecule has 0 bridgehead atoms. The van der Waals surface area contributed by atoms with Gasteiger partial charge >= 0.3 is 0 Å². The second-order valence-corrected chi connectivity index (χ2v) is 5.50. The maximum atomic E-state index is 5.43. The summed E-state index contributed by atoms with van der Waals surface area (Å²) in [6.07, 6.45) is 2.33. The Morgan fingerprint density at radius 3 is 3.00 bits per heavy atom. The lowest BCUT2D eigenvalue weighted by atomic mass is 9.97. The van der Waals surface area contributed by atoms with Crippen molar-refractivity contribution >= 4 is 11.3 Å². The summed E-state index contributed by atoms with van der Waals surface area (Å²) >= 11 is 1.67. The molecule has 1 aliphatic rings. The molecule has 0 aromatic carbocycles. The summed E-state index contributed by atoms with van der Waals surface area (Å²) in [5.41, 5.74) is 0. The molecule has 1 saturated heterocycles. The van der Waals surface area contributed by atoms with Crippen molar-refractivity contribution in [2.24, 2.45) is 5.92 Å². The molecule has 16 heavy (non-hydrogen) atoms. The summed E-state index contributed by atoms with van der Waals surface area (Å²) < 4.78 is 5.43. The lowest BCUT2D eigenvalue weighted by Crippen LogP contribution is -2.35. The van der Waals surface area contributed by atoms with E-state index in [1.165, 1.54) is 6.42 Å². The summed E-state index contributed by atoms with van der Waals surface area (Å²) in [6.45, 7) is 6.87. The van der Waals surface area contributed by atoms with Crippen molar-refractivity contribution in [1.82, 2.24) is 15.5 Å². The van der Waals surface area contributed by atoms with Crippen LogP contribution in [0.2, 0.25) is 0 Å². The Morgan fingerprint density at radius 1 is 1.56 bits per heavy atom. The van der Waals surface area contributed by atoms with Gasteiger partial charge in [-0.1, -0.05) is 6.92 Å². The normalized spacial score (nSPS) is 22.5. The van der Waals surface area contributed by atoms with Crippen molar-refractivity contribution in [3.8, 4) is 0 Å². The van der Waals surface area contributed by atoms with Gasteiger partial charge in [-0.25, -0.2) is 0 Å². The van der Waals surface area contributed by atoms with Gasteiger partial charge in [0, 0.05) is 19.2 Å². The lowest BCUT2D eigenvalue weighted by molar-refractivity contribution is 0.175. The van der Waals surface area contributed by atoms with E-state index in [4.69, 9.17) is 4.74 Å². The number of aromatic nitrogens is 2.